The molecule has 16 heavy (non-hydrogen) atoms. The lowest BCUT2D eigenvalue weighted by atomic mass is 10.2. The van der Waals surface area contributed by atoms with Gasteiger partial charge in [-0.25, -0.2) is 17.6 Å². The van der Waals surface area contributed by atoms with Gasteiger partial charge in [0.15, 0.2) is 23.3 Å². The molecule has 0 atom stereocenters. The fourth-order valence-electron chi connectivity index (χ4n) is 1.11. The highest BCUT2D eigenvalue weighted by Gasteiger charge is 2.26. The van der Waals surface area contributed by atoms with Crippen LogP contribution in [0.5, 0.6) is 0 Å². The van der Waals surface area contributed by atoms with Gasteiger partial charge in [-0.3, -0.25) is 5.41 Å². The van der Waals surface area contributed by atoms with Crippen LogP contribution < -0.4 is 0 Å². The van der Waals surface area contributed by atoms with Crippen LogP contribution in [-0.4, -0.2) is 17.6 Å². The average molecular weight is 269 g/mol. The molecule has 0 bridgehead atoms. The predicted molar refractivity (Wildman–Crippen MR) is 58.4 cm³/mol. The summed E-state index contributed by atoms with van der Waals surface area (Å²) in [5.41, 5.74) is -0.531. The maximum Gasteiger partial charge on any atom is 0.198 e. The molecule has 0 unspecified atom stereocenters. The van der Waals surface area contributed by atoms with Gasteiger partial charge in [0, 0.05) is 0 Å². The molecule has 0 saturated carbocycles. The summed E-state index contributed by atoms with van der Waals surface area (Å²) >= 11 is 1.55. The quantitative estimate of drug-likeness (QED) is 0.221. The first-order chi connectivity index (χ1) is 7.45. The van der Waals surface area contributed by atoms with Crippen molar-refractivity contribution in [3.63, 3.8) is 0 Å². The Labute approximate surface area is 98.1 Å². The molecular weight excluding hydrogens is 262 g/mol. The highest BCUT2D eigenvalue weighted by atomic mass is 32.2. The van der Waals surface area contributed by atoms with E-state index in [-0.39, 0.29) is 5.04 Å². The standard InChI is InChI=1S/C9H7F4NS2/c1-15-8-3(9(14)16-2)4(10)5(11)6(12)7(8)13/h14H,1-2H3. The molecule has 0 heterocycles. The van der Waals surface area contributed by atoms with Crippen LogP contribution in [0.15, 0.2) is 4.90 Å². The first-order valence-corrected chi connectivity index (χ1v) is 6.43. The van der Waals surface area contributed by atoms with Crippen molar-refractivity contribution in [1.29, 1.82) is 5.41 Å². The van der Waals surface area contributed by atoms with E-state index >= 15 is 0 Å². The van der Waals surface area contributed by atoms with Crippen LogP contribution >= 0.6 is 23.5 Å². The van der Waals surface area contributed by atoms with E-state index in [0.29, 0.717) is 0 Å². The number of halogens is 4. The molecule has 1 aromatic carbocycles. The molecular formula is C9H7F4NS2. The lowest BCUT2D eigenvalue weighted by Crippen LogP contribution is -2.08. The summed E-state index contributed by atoms with van der Waals surface area (Å²) in [6, 6.07) is 0. The summed E-state index contributed by atoms with van der Waals surface area (Å²) in [6.07, 6.45) is 2.86. The van der Waals surface area contributed by atoms with Gasteiger partial charge < -0.3 is 0 Å². The molecule has 0 aromatic heterocycles. The molecule has 0 amide bonds. The molecule has 1 aromatic rings. The fraction of sp³-hybridized carbons (Fsp3) is 0.222. The van der Waals surface area contributed by atoms with Crippen molar-refractivity contribution in [3.8, 4) is 0 Å². The third-order valence-corrected chi connectivity index (χ3v) is 3.26. The van der Waals surface area contributed by atoms with Crippen molar-refractivity contribution in [1.82, 2.24) is 0 Å². The van der Waals surface area contributed by atoms with Crippen LogP contribution in [0.25, 0.3) is 0 Å². The number of hydrogen-bond acceptors (Lipinski definition) is 3. The van der Waals surface area contributed by atoms with Gasteiger partial charge in [-0.05, 0) is 12.5 Å². The first kappa shape index (κ1) is 13.4. The predicted octanol–water partition coefficient (Wildman–Crippen LogP) is 3.65. The molecule has 0 aliphatic rings. The van der Waals surface area contributed by atoms with Crippen molar-refractivity contribution in [3.05, 3.63) is 28.8 Å². The van der Waals surface area contributed by atoms with Gasteiger partial charge in [-0.1, -0.05) is 0 Å². The third-order valence-electron chi connectivity index (χ3n) is 1.86. The lowest BCUT2D eigenvalue weighted by molar-refractivity contribution is 0.397. The molecule has 7 heteroatoms. The minimum absolute atomic E-state index is 0.348. The molecule has 0 aliphatic heterocycles. The second kappa shape index (κ2) is 5.09. The summed E-state index contributed by atoms with van der Waals surface area (Å²) in [6.45, 7) is 0. The van der Waals surface area contributed by atoms with Crippen LogP contribution in [-0.2, 0) is 0 Å². The maximum atomic E-state index is 13.4. The van der Waals surface area contributed by atoms with Crippen LogP contribution in [0.1, 0.15) is 5.56 Å². The molecule has 1 rings (SSSR count). The largest absolute Gasteiger partial charge is 0.293 e. The monoisotopic (exact) mass is 269 g/mol. The molecule has 1 N–H and O–H groups in total. The van der Waals surface area contributed by atoms with Crippen LogP contribution in [0, 0.1) is 28.7 Å². The number of rotatable bonds is 2. The van der Waals surface area contributed by atoms with Crippen LogP contribution in [0.2, 0.25) is 0 Å². The van der Waals surface area contributed by atoms with Gasteiger partial charge in [-0.2, -0.15) is 0 Å². The zero-order valence-corrected chi connectivity index (χ0v) is 9.96. The van der Waals surface area contributed by atoms with Gasteiger partial charge in [0.2, 0.25) is 0 Å². The Morgan fingerprint density at radius 2 is 1.44 bits per heavy atom. The van der Waals surface area contributed by atoms with E-state index in [1.54, 1.807) is 0 Å². The molecule has 0 fully saturated rings. The molecule has 0 spiro atoms. The Kier molecular flexibility index (Phi) is 4.26. The van der Waals surface area contributed by atoms with E-state index in [0.717, 1.165) is 23.5 Å². The summed E-state index contributed by atoms with van der Waals surface area (Å²) in [5, 5.41) is 7.03. The zero-order chi connectivity index (χ0) is 12.5. The van der Waals surface area contributed by atoms with E-state index in [1.807, 2.05) is 0 Å². The van der Waals surface area contributed by atoms with E-state index in [2.05, 4.69) is 0 Å². The van der Waals surface area contributed by atoms with Gasteiger partial charge in [0.25, 0.3) is 0 Å². The SMILES string of the molecule is CSC(=N)c1c(F)c(F)c(F)c(F)c1SC. The topological polar surface area (TPSA) is 23.9 Å². The molecule has 1 nitrogen and oxygen atoms in total. The summed E-state index contributed by atoms with van der Waals surface area (Å²) in [7, 11) is 0. The van der Waals surface area contributed by atoms with E-state index in [1.165, 1.54) is 12.5 Å². The van der Waals surface area contributed by atoms with Crippen molar-refractivity contribution in [2.75, 3.05) is 12.5 Å². The van der Waals surface area contributed by atoms with Gasteiger partial charge in [0.1, 0.15) is 0 Å². The Bertz CT molecular complexity index is 448. The van der Waals surface area contributed by atoms with Crippen molar-refractivity contribution >= 4 is 28.6 Å². The van der Waals surface area contributed by atoms with E-state index in [4.69, 9.17) is 5.41 Å². The van der Waals surface area contributed by atoms with Gasteiger partial charge in [-0.15, -0.1) is 23.5 Å². The fourth-order valence-corrected chi connectivity index (χ4v) is 2.23. The number of benzene rings is 1. The summed E-state index contributed by atoms with van der Waals surface area (Å²) < 4.78 is 52.5. The first-order valence-electron chi connectivity index (χ1n) is 3.98. The van der Waals surface area contributed by atoms with Gasteiger partial charge in [0.05, 0.1) is 15.5 Å². The maximum absolute atomic E-state index is 13.4. The molecule has 0 radical (unpaired) electrons. The Hall–Kier alpha value is -0.690. The second-order valence-corrected chi connectivity index (χ2v) is 4.33. The lowest BCUT2D eigenvalue weighted by Gasteiger charge is -2.11. The highest BCUT2D eigenvalue weighted by molar-refractivity contribution is 8.13. The van der Waals surface area contributed by atoms with E-state index < -0.39 is 33.7 Å². The Morgan fingerprint density at radius 3 is 1.88 bits per heavy atom. The molecule has 88 valence electrons. The summed E-state index contributed by atoms with van der Waals surface area (Å²) in [4.78, 5) is -0.393. The molecule has 0 aliphatic carbocycles. The minimum atomic E-state index is -1.89. The number of hydrogen-bond donors (Lipinski definition) is 1. The summed E-state index contributed by atoms with van der Waals surface area (Å²) in [5.74, 6) is -6.72. The Morgan fingerprint density at radius 1 is 0.938 bits per heavy atom. The number of nitrogens with one attached hydrogen (secondary N) is 1. The average Bonchev–Trinajstić information content (AvgIpc) is 2.29. The normalized spacial score (nSPS) is 10.6. The van der Waals surface area contributed by atoms with Crippen molar-refractivity contribution < 1.29 is 17.6 Å². The second-order valence-electron chi connectivity index (χ2n) is 2.70. The molecule has 0 saturated heterocycles. The highest BCUT2D eigenvalue weighted by Crippen LogP contribution is 2.32. The van der Waals surface area contributed by atoms with Crippen LogP contribution in [0.3, 0.4) is 0 Å². The Balaban J connectivity index is 3.64. The minimum Gasteiger partial charge on any atom is -0.293 e. The zero-order valence-electron chi connectivity index (χ0n) is 8.33. The van der Waals surface area contributed by atoms with Crippen molar-refractivity contribution in [2.24, 2.45) is 0 Å². The van der Waals surface area contributed by atoms with E-state index in [9.17, 15) is 17.6 Å². The van der Waals surface area contributed by atoms with Crippen molar-refractivity contribution in [2.45, 2.75) is 4.90 Å². The third kappa shape index (κ3) is 2.06. The smallest absolute Gasteiger partial charge is 0.198 e. The number of thioether (sulfide) groups is 2. The van der Waals surface area contributed by atoms with Gasteiger partial charge >= 0.3 is 0 Å². The van der Waals surface area contributed by atoms with Crippen LogP contribution in [0.4, 0.5) is 17.6 Å².